The smallest absolute Gasteiger partial charge is 0.264 e. The highest BCUT2D eigenvalue weighted by Crippen LogP contribution is 2.26. The van der Waals surface area contributed by atoms with Crippen LogP contribution in [0.1, 0.15) is 11.1 Å². The fourth-order valence-corrected chi connectivity index (χ4v) is 5.36. The third-order valence-corrected chi connectivity index (χ3v) is 7.85. The highest BCUT2D eigenvalue weighted by Gasteiger charge is 2.27. The van der Waals surface area contributed by atoms with E-state index < -0.39 is 15.9 Å². The van der Waals surface area contributed by atoms with Gasteiger partial charge in [-0.05, 0) is 61.0 Å². The quantitative estimate of drug-likeness (QED) is 0.476. The molecule has 1 heterocycles. The maximum atomic E-state index is 13.5. The minimum Gasteiger partial charge on any atom is -0.497 e. The van der Waals surface area contributed by atoms with Gasteiger partial charge < -0.3 is 19.7 Å². The Kier molecular flexibility index (Phi) is 8.12. The Balaban J connectivity index is 1.47. The van der Waals surface area contributed by atoms with Crippen molar-refractivity contribution < 1.29 is 22.7 Å². The lowest BCUT2D eigenvalue weighted by molar-refractivity contribution is -0.119. The maximum absolute atomic E-state index is 13.5. The number of rotatable bonds is 9. The number of methoxy groups -OCH3 is 1. The molecule has 3 aromatic carbocycles. The zero-order valence-corrected chi connectivity index (χ0v) is 21.3. The van der Waals surface area contributed by atoms with Crippen LogP contribution >= 0.6 is 0 Å². The van der Waals surface area contributed by atoms with Gasteiger partial charge in [-0.2, -0.15) is 0 Å². The van der Waals surface area contributed by atoms with Crippen molar-refractivity contribution in [1.29, 1.82) is 0 Å². The number of hydrogen-bond acceptors (Lipinski definition) is 6. The first-order chi connectivity index (χ1) is 17.4. The Labute approximate surface area is 212 Å². The molecule has 3 aromatic rings. The lowest BCUT2D eigenvalue weighted by atomic mass is 10.2. The van der Waals surface area contributed by atoms with Gasteiger partial charge in [0.25, 0.3) is 10.0 Å². The van der Waals surface area contributed by atoms with Crippen LogP contribution in [0, 0.1) is 6.92 Å². The first-order valence-corrected chi connectivity index (χ1v) is 13.2. The molecule has 0 atom stereocenters. The van der Waals surface area contributed by atoms with E-state index in [1.165, 1.54) is 7.11 Å². The van der Waals surface area contributed by atoms with Crippen molar-refractivity contribution in [2.45, 2.75) is 18.4 Å². The summed E-state index contributed by atoms with van der Waals surface area (Å²) >= 11 is 0. The van der Waals surface area contributed by atoms with Crippen molar-refractivity contribution in [3.63, 3.8) is 0 Å². The number of hydrogen-bond donors (Lipinski definition) is 1. The van der Waals surface area contributed by atoms with E-state index in [9.17, 15) is 13.2 Å². The average Bonchev–Trinajstić information content (AvgIpc) is 2.91. The summed E-state index contributed by atoms with van der Waals surface area (Å²) in [5.74, 6) is 0.190. The van der Waals surface area contributed by atoms with Gasteiger partial charge in [-0.3, -0.25) is 9.10 Å². The van der Waals surface area contributed by atoms with Gasteiger partial charge >= 0.3 is 0 Å². The topological polar surface area (TPSA) is 88.2 Å². The Morgan fingerprint density at radius 2 is 1.61 bits per heavy atom. The van der Waals surface area contributed by atoms with Crippen molar-refractivity contribution in [2.24, 2.45) is 0 Å². The molecule has 4 rings (SSSR count). The van der Waals surface area contributed by atoms with E-state index >= 15 is 0 Å². The van der Waals surface area contributed by atoms with E-state index in [1.807, 2.05) is 31.2 Å². The summed E-state index contributed by atoms with van der Waals surface area (Å²) in [5.41, 5.74) is 3.37. The molecule has 8 nitrogen and oxygen atoms in total. The zero-order valence-electron chi connectivity index (χ0n) is 20.5. The Morgan fingerprint density at radius 1 is 0.972 bits per heavy atom. The van der Waals surface area contributed by atoms with Crippen LogP contribution in [0.2, 0.25) is 0 Å². The Morgan fingerprint density at radius 3 is 2.22 bits per heavy atom. The SMILES string of the molecule is COc1ccc(N(CC(=O)NCc2ccc(N3CCOCC3)cc2)S(=O)(=O)c2ccc(C)cc2)cc1. The third-order valence-electron chi connectivity index (χ3n) is 6.06. The van der Waals surface area contributed by atoms with E-state index in [4.69, 9.17) is 9.47 Å². The van der Waals surface area contributed by atoms with Crippen molar-refractivity contribution in [2.75, 3.05) is 49.2 Å². The van der Waals surface area contributed by atoms with Crippen LogP contribution in [0.25, 0.3) is 0 Å². The standard InChI is InChI=1S/C27H31N3O5S/c1-21-3-13-26(14-4-21)36(32,33)30(24-9-11-25(34-2)12-10-24)20-27(31)28-19-22-5-7-23(8-6-22)29-15-17-35-18-16-29/h3-14H,15-20H2,1-2H3,(H,28,31). The number of benzene rings is 3. The van der Waals surface area contributed by atoms with Gasteiger partial charge in [-0.1, -0.05) is 29.8 Å². The second-order valence-electron chi connectivity index (χ2n) is 8.57. The van der Waals surface area contributed by atoms with Gasteiger partial charge in [-0.15, -0.1) is 0 Å². The number of ether oxygens (including phenoxy) is 2. The summed E-state index contributed by atoms with van der Waals surface area (Å²) in [4.78, 5) is 15.3. The van der Waals surface area contributed by atoms with Crippen LogP contribution in [0.15, 0.2) is 77.7 Å². The molecule has 1 aliphatic heterocycles. The molecule has 9 heteroatoms. The Hall–Kier alpha value is -3.56. The van der Waals surface area contributed by atoms with Crippen LogP contribution < -0.4 is 19.3 Å². The number of morpholine rings is 1. The Bertz CT molecular complexity index is 1250. The molecule has 0 aliphatic carbocycles. The van der Waals surface area contributed by atoms with Gasteiger partial charge in [0, 0.05) is 25.3 Å². The largest absolute Gasteiger partial charge is 0.497 e. The van der Waals surface area contributed by atoms with Crippen LogP contribution in [0.3, 0.4) is 0 Å². The molecule has 1 fully saturated rings. The number of carbonyl (C=O) groups is 1. The van der Waals surface area contributed by atoms with Crippen LogP contribution in [0.5, 0.6) is 5.75 Å². The van der Waals surface area contributed by atoms with Gasteiger partial charge in [-0.25, -0.2) is 8.42 Å². The molecular formula is C27H31N3O5S. The van der Waals surface area contributed by atoms with E-state index in [0.29, 0.717) is 31.2 Å². The van der Waals surface area contributed by atoms with Crippen LogP contribution in [-0.2, 0) is 26.1 Å². The highest BCUT2D eigenvalue weighted by molar-refractivity contribution is 7.92. The minimum atomic E-state index is -3.97. The number of sulfonamides is 1. The molecule has 190 valence electrons. The van der Waals surface area contributed by atoms with Gasteiger partial charge in [0.15, 0.2) is 0 Å². The fraction of sp³-hybridized carbons (Fsp3) is 0.296. The normalized spacial score (nSPS) is 13.8. The molecule has 0 aromatic heterocycles. The van der Waals surface area contributed by atoms with Gasteiger partial charge in [0.05, 0.1) is 30.9 Å². The third kappa shape index (κ3) is 6.16. The number of aryl methyl sites for hydroxylation is 1. The van der Waals surface area contributed by atoms with Gasteiger partial charge in [0.2, 0.25) is 5.91 Å². The second-order valence-corrected chi connectivity index (χ2v) is 10.4. The van der Waals surface area contributed by atoms with E-state index in [1.54, 1.807) is 48.5 Å². The summed E-state index contributed by atoms with van der Waals surface area (Å²) in [6.45, 7) is 4.97. The summed E-state index contributed by atoms with van der Waals surface area (Å²) < 4.78 is 38.7. The molecule has 1 saturated heterocycles. The number of anilines is 2. The number of nitrogens with one attached hydrogen (secondary N) is 1. The summed E-state index contributed by atoms with van der Waals surface area (Å²) in [6.07, 6.45) is 0. The molecule has 0 spiro atoms. The monoisotopic (exact) mass is 509 g/mol. The summed E-state index contributed by atoms with van der Waals surface area (Å²) in [6, 6.07) is 21.2. The molecule has 1 amide bonds. The van der Waals surface area contributed by atoms with Crippen LogP contribution in [0.4, 0.5) is 11.4 Å². The molecule has 0 saturated carbocycles. The van der Waals surface area contributed by atoms with Crippen molar-refractivity contribution in [1.82, 2.24) is 5.32 Å². The molecule has 0 unspecified atom stereocenters. The van der Waals surface area contributed by atoms with E-state index in [2.05, 4.69) is 10.2 Å². The molecule has 36 heavy (non-hydrogen) atoms. The number of amides is 1. The molecule has 1 N–H and O–H groups in total. The fourth-order valence-electron chi connectivity index (χ4n) is 3.93. The van der Waals surface area contributed by atoms with Crippen LogP contribution in [-0.4, -0.2) is 54.3 Å². The minimum absolute atomic E-state index is 0.121. The lowest BCUT2D eigenvalue weighted by Crippen LogP contribution is -2.40. The van der Waals surface area contributed by atoms with E-state index in [0.717, 1.165) is 34.2 Å². The number of nitrogens with zero attached hydrogens (tertiary/aromatic N) is 2. The predicted molar refractivity (Wildman–Crippen MR) is 140 cm³/mol. The van der Waals surface area contributed by atoms with Gasteiger partial charge in [0.1, 0.15) is 12.3 Å². The molecule has 0 radical (unpaired) electrons. The average molecular weight is 510 g/mol. The molecule has 1 aliphatic rings. The summed E-state index contributed by atoms with van der Waals surface area (Å²) in [5, 5.41) is 2.85. The predicted octanol–water partition coefficient (Wildman–Crippen LogP) is 3.35. The number of carbonyl (C=O) groups excluding carboxylic acids is 1. The van der Waals surface area contributed by atoms with Crippen molar-refractivity contribution in [3.05, 3.63) is 83.9 Å². The summed E-state index contributed by atoms with van der Waals surface area (Å²) in [7, 11) is -2.43. The molecular weight excluding hydrogens is 478 g/mol. The molecule has 0 bridgehead atoms. The zero-order chi connectivity index (χ0) is 25.5. The van der Waals surface area contributed by atoms with Crippen molar-refractivity contribution in [3.8, 4) is 5.75 Å². The first-order valence-electron chi connectivity index (χ1n) is 11.8. The maximum Gasteiger partial charge on any atom is 0.264 e. The highest BCUT2D eigenvalue weighted by atomic mass is 32.2. The lowest BCUT2D eigenvalue weighted by Gasteiger charge is -2.29. The first kappa shape index (κ1) is 25.5. The van der Waals surface area contributed by atoms with Crippen molar-refractivity contribution >= 4 is 27.3 Å². The second kappa shape index (κ2) is 11.5. The van der Waals surface area contributed by atoms with E-state index in [-0.39, 0.29) is 11.4 Å².